The molecule has 0 saturated heterocycles. The second-order valence-electron chi connectivity index (χ2n) is 17.2. The van der Waals surface area contributed by atoms with Crippen LogP contribution in [0.5, 0.6) is 0 Å². The normalized spacial score (nSPS) is 11.2. The molecule has 0 amide bonds. The monoisotopic (exact) mass is 866 g/mol. The van der Waals surface area contributed by atoms with E-state index in [0.717, 1.165) is 33.9 Å². The number of rotatable bonds is 10. The molecule has 2 heteroatoms. The van der Waals surface area contributed by atoms with Crippen LogP contribution in [0.2, 0.25) is 0 Å². The van der Waals surface area contributed by atoms with E-state index in [0.29, 0.717) is 0 Å². The number of benzene rings is 11. The number of fused-ring (bicyclic) bond motifs is 3. The second-order valence-corrected chi connectivity index (χ2v) is 17.2. The molecule has 0 bridgehead atoms. The maximum atomic E-state index is 2.44. The van der Waals surface area contributed by atoms with Crippen molar-refractivity contribution in [2.45, 2.75) is 0 Å². The molecule has 0 saturated carbocycles. The van der Waals surface area contributed by atoms with Gasteiger partial charge in [-0.2, -0.15) is 0 Å². The van der Waals surface area contributed by atoms with Crippen molar-refractivity contribution >= 4 is 38.9 Å². The summed E-state index contributed by atoms with van der Waals surface area (Å²) in [5, 5.41) is 2.47. The standard InChI is InChI=1S/C66H46N2/c1-4-20-47(21-5-1)48-38-40-49(41-39-48)50-42-44-54(45-43-50)67(64-36-16-14-32-61(64)60-31-13-12-30-59(60)58-29-11-10-28-56(58)51-22-6-2-7-23-51)55-27-18-24-52(46-55)57-34-19-35-63-62-33-15-17-37-65(62)68(66(57)63)53-25-8-3-9-26-53/h1-46H. The molecule has 0 spiro atoms. The SMILES string of the molecule is c1ccc(-c2ccc(-c3ccc(N(c4cccc(-c5cccc6c7ccccc7n(-c7ccccc7)c56)c4)c4ccccc4-c4ccccc4-c4ccccc4-c4ccccc4)cc3)cc2)cc1. The predicted molar refractivity (Wildman–Crippen MR) is 288 cm³/mol. The molecule has 12 aromatic rings. The van der Waals surface area contributed by atoms with Crippen LogP contribution in [-0.2, 0) is 0 Å². The van der Waals surface area contributed by atoms with Gasteiger partial charge < -0.3 is 9.47 Å². The summed E-state index contributed by atoms with van der Waals surface area (Å²) in [7, 11) is 0. The Hall–Kier alpha value is -8.98. The first-order valence-electron chi connectivity index (χ1n) is 23.3. The van der Waals surface area contributed by atoms with Gasteiger partial charge in [-0.15, -0.1) is 0 Å². The van der Waals surface area contributed by atoms with Crippen molar-refractivity contribution in [2.24, 2.45) is 0 Å². The van der Waals surface area contributed by atoms with Gasteiger partial charge in [-0.3, -0.25) is 0 Å². The predicted octanol–water partition coefficient (Wildman–Crippen LogP) is 18.3. The Morgan fingerprint density at radius 3 is 1.37 bits per heavy atom. The van der Waals surface area contributed by atoms with E-state index in [2.05, 4.69) is 289 Å². The Balaban J connectivity index is 1.03. The van der Waals surface area contributed by atoms with Crippen molar-refractivity contribution in [3.8, 4) is 72.4 Å². The molecule has 0 atom stereocenters. The minimum Gasteiger partial charge on any atom is -0.310 e. The number of aromatic nitrogens is 1. The van der Waals surface area contributed by atoms with Gasteiger partial charge in [0.1, 0.15) is 0 Å². The van der Waals surface area contributed by atoms with Gasteiger partial charge in [0.25, 0.3) is 0 Å². The van der Waals surface area contributed by atoms with Crippen molar-refractivity contribution in [3.63, 3.8) is 0 Å². The highest BCUT2D eigenvalue weighted by atomic mass is 15.1. The fraction of sp³-hybridized carbons (Fsp3) is 0. The van der Waals surface area contributed by atoms with Gasteiger partial charge in [0.05, 0.1) is 16.7 Å². The summed E-state index contributed by atoms with van der Waals surface area (Å²) in [6, 6.07) is 101. The number of hydrogen-bond donors (Lipinski definition) is 0. The maximum Gasteiger partial charge on any atom is 0.0619 e. The molecule has 0 unspecified atom stereocenters. The van der Waals surface area contributed by atoms with Crippen LogP contribution in [0.15, 0.2) is 279 Å². The van der Waals surface area contributed by atoms with E-state index in [9.17, 15) is 0 Å². The lowest BCUT2D eigenvalue weighted by molar-refractivity contribution is 1.18. The van der Waals surface area contributed by atoms with E-state index in [1.54, 1.807) is 0 Å². The molecule has 1 aromatic heterocycles. The summed E-state index contributed by atoms with van der Waals surface area (Å²) in [6.07, 6.45) is 0. The van der Waals surface area contributed by atoms with Crippen molar-refractivity contribution < 1.29 is 0 Å². The molecule has 0 N–H and O–H groups in total. The van der Waals surface area contributed by atoms with Gasteiger partial charge in [0, 0.05) is 39.0 Å². The highest BCUT2D eigenvalue weighted by molar-refractivity contribution is 6.14. The largest absolute Gasteiger partial charge is 0.310 e. The van der Waals surface area contributed by atoms with E-state index in [4.69, 9.17) is 0 Å². The minimum atomic E-state index is 1.07. The summed E-state index contributed by atoms with van der Waals surface area (Å²) in [5.41, 5.74) is 20.9. The minimum absolute atomic E-state index is 1.07. The molecule has 0 aliphatic heterocycles. The van der Waals surface area contributed by atoms with E-state index in [-0.39, 0.29) is 0 Å². The van der Waals surface area contributed by atoms with Gasteiger partial charge in [-0.25, -0.2) is 0 Å². The highest BCUT2D eigenvalue weighted by Crippen LogP contribution is 2.47. The number of hydrogen-bond acceptors (Lipinski definition) is 1. The van der Waals surface area contributed by atoms with Crippen LogP contribution < -0.4 is 4.90 Å². The van der Waals surface area contributed by atoms with E-state index < -0.39 is 0 Å². The van der Waals surface area contributed by atoms with Crippen LogP contribution in [0.25, 0.3) is 94.3 Å². The smallest absolute Gasteiger partial charge is 0.0619 e. The third kappa shape index (κ3) is 7.45. The zero-order chi connectivity index (χ0) is 45.2. The van der Waals surface area contributed by atoms with Crippen molar-refractivity contribution in [1.82, 2.24) is 4.57 Å². The maximum absolute atomic E-state index is 2.44. The molecule has 12 rings (SSSR count). The Bertz CT molecular complexity index is 3700. The Morgan fingerprint density at radius 1 is 0.250 bits per heavy atom. The van der Waals surface area contributed by atoms with Gasteiger partial charge in [-0.05, 0) is 104 Å². The zero-order valence-corrected chi connectivity index (χ0v) is 37.5. The molecule has 0 fully saturated rings. The summed E-state index contributed by atoms with van der Waals surface area (Å²) < 4.78 is 2.43. The molecule has 68 heavy (non-hydrogen) atoms. The first kappa shape index (κ1) is 40.5. The first-order chi connectivity index (χ1) is 33.8. The molecule has 320 valence electrons. The third-order valence-electron chi connectivity index (χ3n) is 13.2. The number of para-hydroxylation sites is 4. The average Bonchev–Trinajstić information content (AvgIpc) is 3.77. The van der Waals surface area contributed by atoms with E-state index in [1.165, 1.54) is 77.4 Å². The number of anilines is 3. The number of nitrogens with zero attached hydrogens (tertiary/aromatic N) is 2. The van der Waals surface area contributed by atoms with Gasteiger partial charge in [0.2, 0.25) is 0 Å². The fourth-order valence-corrected chi connectivity index (χ4v) is 10.1. The molecule has 0 aliphatic carbocycles. The van der Waals surface area contributed by atoms with Gasteiger partial charge in [-0.1, -0.05) is 231 Å². The van der Waals surface area contributed by atoms with E-state index in [1.807, 2.05) is 0 Å². The molecule has 0 aliphatic rings. The molecule has 11 aromatic carbocycles. The van der Waals surface area contributed by atoms with Crippen LogP contribution in [0.1, 0.15) is 0 Å². The topological polar surface area (TPSA) is 8.17 Å². The zero-order valence-electron chi connectivity index (χ0n) is 37.5. The Kier molecular flexibility index (Phi) is 10.6. The first-order valence-corrected chi connectivity index (χ1v) is 23.3. The van der Waals surface area contributed by atoms with E-state index >= 15 is 0 Å². The summed E-state index contributed by atoms with van der Waals surface area (Å²) in [5.74, 6) is 0. The second kappa shape index (κ2) is 17.8. The van der Waals surface area contributed by atoms with Crippen LogP contribution >= 0.6 is 0 Å². The molecule has 2 nitrogen and oxygen atoms in total. The molecule has 1 heterocycles. The lowest BCUT2D eigenvalue weighted by Gasteiger charge is -2.29. The summed E-state index contributed by atoms with van der Waals surface area (Å²) in [4.78, 5) is 2.44. The van der Waals surface area contributed by atoms with Crippen molar-refractivity contribution in [1.29, 1.82) is 0 Å². The molecule has 0 radical (unpaired) electrons. The lowest BCUT2D eigenvalue weighted by atomic mass is 9.88. The fourth-order valence-electron chi connectivity index (χ4n) is 10.1. The quantitative estimate of drug-likeness (QED) is 0.133. The Labute approximate surface area is 397 Å². The van der Waals surface area contributed by atoms with Crippen molar-refractivity contribution in [3.05, 3.63) is 279 Å². The molecular weight excluding hydrogens is 821 g/mol. The highest BCUT2D eigenvalue weighted by Gasteiger charge is 2.22. The van der Waals surface area contributed by atoms with Gasteiger partial charge in [0.15, 0.2) is 0 Å². The van der Waals surface area contributed by atoms with Crippen LogP contribution in [0, 0.1) is 0 Å². The van der Waals surface area contributed by atoms with Crippen molar-refractivity contribution in [2.75, 3.05) is 4.90 Å². The average molecular weight is 867 g/mol. The summed E-state index contributed by atoms with van der Waals surface area (Å²) >= 11 is 0. The molecular formula is C66H46N2. The Morgan fingerprint density at radius 2 is 0.691 bits per heavy atom. The van der Waals surface area contributed by atoms with Crippen LogP contribution in [-0.4, -0.2) is 4.57 Å². The van der Waals surface area contributed by atoms with Crippen LogP contribution in [0.3, 0.4) is 0 Å². The van der Waals surface area contributed by atoms with Gasteiger partial charge >= 0.3 is 0 Å². The summed E-state index contributed by atoms with van der Waals surface area (Å²) in [6.45, 7) is 0. The third-order valence-corrected chi connectivity index (χ3v) is 13.2. The lowest BCUT2D eigenvalue weighted by Crippen LogP contribution is -2.11. The van der Waals surface area contributed by atoms with Crippen LogP contribution in [0.4, 0.5) is 17.1 Å².